The van der Waals surface area contributed by atoms with E-state index in [-0.39, 0.29) is 10.8 Å². The van der Waals surface area contributed by atoms with Gasteiger partial charge in [-0.3, -0.25) is 9.69 Å². The van der Waals surface area contributed by atoms with Crippen LogP contribution in [0.1, 0.15) is 0 Å². The quantitative estimate of drug-likeness (QED) is 0.860. The number of halogens is 2. The number of H-pyrrole nitrogens is 1. The van der Waals surface area contributed by atoms with Crippen molar-refractivity contribution in [3.8, 4) is 0 Å². The Balaban J connectivity index is 1.47. The van der Waals surface area contributed by atoms with Crippen molar-refractivity contribution >= 4 is 23.0 Å². The van der Waals surface area contributed by atoms with Crippen molar-refractivity contribution in [1.82, 2.24) is 15.1 Å². The lowest BCUT2D eigenvalue weighted by Crippen LogP contribution is -2.47. The lowest BCUT2D eigenvalue weighted by atomic mass is 10.2. The molecule has 0 radical (unpaired) electrons. The molecule has 1 aliphatic rings. The first-order valence-corrected chi connectivity index (χ1v) is 8.22. The fourth-order valence-electron chi connectivity index (χ4n) is 2.78. The number of hydrogen-bond acceptors (Lipinski definition) is 5. The predicted octanol–water partition coefficient (Wildman–Crippen LogP) is 1.80. The Bertz CT molecular complexity index is 745. The summed E-state index contributed by atoms with van der Waals surface area (Å²) >= 11 is 5.91. The second-order valence-electron chi connectivity index (χ2n) is 5.63. The average Bonchev–Trinajstić information content (AvgIpc) is 2.60. The third kappa shape index (κ3) is 3.85. The van der Waals surface area contributed by atoms with Crippen LogP contribution in [0.2, 0.25) is 5.02 Å². The fourth-order valence-corrected chi connectivity index (χ4v) is 2.93. The van der Waals surface area contributed by atoms with Gasteiger partial charge in [0.25, 0.3) is 5.56 Å². The van der Waals surface area contributed by atoms with Gasteiger partial charge in [-0.25, -0.2) is 9.49 Å². The maximum atomic E-state index is 13.8. The molecule has 1 saturated heterocycles. The minimum absolute atomic E-state index is 0.120. The van der Waals surface area contributed by atoms with E-state index in [1.54, 1.807) is 6.07 Å². The molecule has 1 fully saturated rings. The van der Waals surface area contributed by atoms with Gasteiger partial charge in [0, 0.05) is 39.3 Å². The van der Waals surface area contributed by atoms with Crippen LogP contribution in [0.5, 0.6) is 0 Å². The van der Waals surface area contributed by atoms with E-state index in [0.717, 1.165) is 32.7 Å². The van der Waals surface area contributed by atoms with Gasteiger partial charge < -0.3 is 10.2 Å². The molecule has 0 atom stereocenters. The fraction of sp³-hybridized carbons (Fsp3) is 0.375. The van der Waals surface area contributed by atoms with E-state index < -0.39 is 5.56 Å². The van der Waals surface area contributed by atoms with Crippen LogP contribution in [0.25, 0.3) is 0 Å². The molecule has 3 rings (SSSR count). The number of nitrogens with one attached hydrogen (secondary N) is 2. The molecule has 2 aromatic rings. The molecule has 0 saturated carbocycles. The monoisotopic (exact) mass is 351 g/mol. The molecular formula is C16H19ClFN5O. The molecule has 1 aromatic carbocycles. The molecule has 0 bridgehead atoms. The Labute approximate surface area is 144 Å². The number of hydrogen-bond donors (Lipinski definition) is 2. The third-order valence-corrected chi connectivity index (χ3v) is 4.48. The summed E-state index contributed by atoms with van der Waals surface area (Å²) in [6.45, 7) is 4.76. The summed E-state index contributed by atoms with van der Waals surface area (Å²) in [6.07, 6.45) is 1.50. The molecule has 2 N–H and O–H groups in total. The van der Waals surface area contributed by atoms with Gasteiger partial charge in [-0.1, -0.05) is 23.7 Å². The van der Waals surface area contributed by atoms with Gasteiger partial charge in [0.1, 0.15) is 10.8 Å². The largest absolute Gasteiger partial charge is 0.381 e. The SMILES string of the molecule is O=c1[nH]ncc(NCCN2CCN(c3ccccc3F)CC2)c1Cl. The first kappa shape index (κ1) is 16.7. The summed E-state index contributed by atoms with van der Waals surface area (Å²) in [4.78, 5) is 15.7. The van der Waals surface area contributed by atoms with Crippen LogP contribution in [0.15, 0.2) is 35.3 Å². The highest BCUT2D eigenvalue weighted by atomic mass is 35.5. The Kier molecular flexibility index (Phi) is 5.32. The maximum absolute atomic E-state index is 13.8. The molecular weight excluding hydrogens is 333 g/mol. The molecule has 0 aliphatic carbocycles. The summed E-state index contributed by atoms with van der Waals surface area (Å²) in [7, 11) is 0. The van der Waals surface area contributed by atoms with Crippen LogP contribution < -0.4 is 15.8 Å². The standard InChI is InChI=1S/C16H19ClFN5O/c17-15-13(11-20-21-16(15)24)19-5-6-22-7-9-23(10-8-22)14-4-2-1-3-12(14)18/h1-4,11H,5-10H2,(H2,19,21,24). The van der Waals surface area contributed by atoms with E-state index in [1.807, 2.05) is 12.1 Å². The topological polar surface area (TPSA) is 64.3 Å². The highest BCUT2D eigenvalue weighted by Gasteiger charge is 2.18. The molecule has 8 heteroatoms. The van der Waals surface area contributed by atoms with Gasteiger partial charge in [-0.05, 0) is 12.1 Å². The molecule has 0 unspecified atom stereocenters. The van der Waals surface area contributed by atoms with E-state index in [4.69, 9.17) is 11.6 Å². The van der Waals surface area contributed by atoms with E-state index >= 15 is 0 Å². The highest BCUT2D eigenvalue weighted by molar-refractivity contribution is 6.32. The normalized spacial score (nSPS) is 15.5. The number of aromatic amines is 1. The molecule has 0 spiro atoms. The van der Waals surface area contributed by atoms with Gasteiger partial charge in [-0.15, -0.1) is 0 Å². The van der Waals surface area contributed by atoms with E-state index in [1.165, 1.54) is 12.3 Å². The Morgan fingerprint density at radius 2 is 2.00 bits per heavy atom. The van der Waals surface area contributed by atoms with Crippen molar-refractivity contribution < 1.29 is 4.39 Å². The number of para-hydroxylation sites is 1. The Morgan fingerprint density at radius 1 is 1.25 bits per heavy atom. The lowest BCUT2D eigenvalue weighted by Gasteiger charge is -2.36. The van der Waals surface area contributed by atoms with Gasteiger partial charge >= 0.3 is 0 Å². The number of aromatic nitrogens is 2. The summed E-state index contributed by atoms with van der Waals surface area (Å²) in [5.74, 6) is -0.177. The summed E-state index contributed by atoms with van der Waals surface area (Å²) in [5.41, 5.74) is 0.794. The molecule has 128 valence electrons. The smallest absolute Gasteiger partial charge is 0.285 e. The lowest BCUT2D eigenvalue weighted by molar-refractivity contribution is 0.266. The molecule has 2 heterocycles. The first-order valence-electron chi connectivity index (χ1n) is 7.84. The minimum Gasteiger partial charge on any atom is -0.381 e. The summed E-state index contributed by atoms with van der Waals surface area (Å²) in [6, 6.07) is 6.86. The second kappa shape index (κ2) is 7.63. The number of rotatable bonds is 5. The van der Waals surface area contributed by atoms with Gasteiger partial charge in [0.15, 0.2) is 0 Å². The summed E-state index contributed by atoms with van der Waals surface area (Å²) < 4.78 is 13.8. The molecule has 1 aromatic heterocycles. The predicted molar refractivity (Wildman–Crippen MR) is 93.4 cm³/mol. The van der Waals surface area contributed by atoms with E-state index in [0.29, 0.717) is 17.9 Å². The number of nitrogens with zero attached hydrogens (tertiary/aromatic N) is 3. The molecule has 6 nitrogen and oxygen atoms in total. The number of piperazine rings is 1. The van der Waals surface area contributed by atoms with Crippen LogP contribution >= 0.6 is 11.6 Å². The van der Waals surface area contributed by atoms with Crippen LogP contribution in [-0.4, -0.2) is 54.4 Å². The van der Waals surface area contributed by atoms with E-state index in [9.17, 15) is 9.18 Å². The Hall–Kier alpha value is -2.12. The average molecular weight is 352 g/mol. The van der Waals surface area contributed by atoms with Crippen molar-refractivity contribution in [3.63, 3.8) is 0 Å². The van der Waals surface area contributed by atoms with Crippen LogP contribution in [0.4, 0.5) is 15.8 Å². The first-order chi connectivity index (χ1) is 11.6. The number of anilines is 2. The Morgan fingerprint density at radius 3 is 2.75 bits per heavy atom. The highest BCUT2D eigenvalue weighted by Crippen LogP contribution is 2.20. The van der Waals surface area contributed by atoms with Crippen molar-refractivity contribution in [2.24, 2.45) is 0 Å². The minimum atomic E-state index is -0.403. The zero-order valence-corrected chi connectivity index (χ0v) is 13.9. The maximum Gasteiger partial charge on any atom is 0.285 e. The van der Waals surface area contributed by atoms with Crippen molar-refractivity contribution in [1.29, 1.82) is 0 Å². The molecule has 0 amide bonds. The van der Waals surface area contributed by atoms with Crippen LogP contribution in [0.3, 0.4) is 0 Å². The van der Waals surface area contributed by atoms with Crippen molar-refractivity contribution in [3.05, 3.63) is 51.7 Å². The van der Waals surface area contributed by atoms with Crippen LogP contribution in [0, 0.1) is 5.82 Å². The van der Waals surface area contributed by atoms with E-state index in [2.05, 4.69) is 25.3 Å². The zero-order chi connectivity index (χ0) is 16.9. The molecule has 24 heavy (non-hydrogen) atoms. The van der Waals surface area contributed by atoms with Crippen LogP contribution in [-0.2, 0) is 0 Å². The van der Waals surface area contributed by atoms with Crippen molar-refractivity contribution in [2.75, 3.05) is 49.5 Å². The van der Waals surface area contributed by atoms with Gasteiger partial charge in [0.05, 0.1) is 17.6 Å². The zero-order valence-electron chi connectivity index (χ0n) is 13.1. The van der Waals surface area contributed by atoms with Gasteiger partial charge in [-0.2, -0.15) is 5.10 Å². The van der Waals surface area contributed by atoms with Gasteiger partial charge in [0.2, 0.25) is 0 Å². The van der Waals surface area contributed by atoms with Crippen molar-refractivity contribution in [2.45, 2.75) is 0 Å². The number of benzene rings is 1. The second-order valence-corrected chi connectivity index (χ2v) is 6.01. The molecule has 1 aliphatic heterocycles. The third-order valence-electron chi connectivity index (χ3n) is 4.10. The summed E-state index contributed by atoms with van der Waals surface area (Å²) in [5, 5.41) is 9.25.